The fourth-order valence-electron chi connectivity index (χ4n) is 3.11. The number of carbonyl (C=O) groups is 1. The van der Waals surface area contributed by atoms with Gasteiger partial charge in [0.25, 0.3) is 5.56 Å². The summed E-state index contributed by atoms with van der Waals surface area (Å²) in [5, 5.41) is 3.34. The van der Waals surface area contributed by atoms with Crippen LogP contribution in [0.1, 0.15) is 20.3 Å². The molecule has 5 heteroatoms. The summed E-state index contributed by atoms with van der Waals surface area (Å²) in [6, 6.07) is 22.8. The minimum absolute atomic E-state index is 0.00507. The van der Waals surface area contributed by atoms with Crippen molar-refractivity contribution in [1.82, 2.24) is 4.57 Å². The molecule has 0 saturated carbocycles. The van der Waals surface area contributed by atoms with Crippen molar-refractivity contribution in [2.75, 3.05) is 10.2 Å². The van der Waals surface area contributed by atoms with Gasteiger partial charge in [-0.1, -0.05) is 24.3 Å². The molecule has 1 aromatic heterocycles. The minimum atomic E-state index is -0.0947. The van der Waals surface area contributed by atoms with Crippen LogP contribution in [0.3, 0.4) is 0 Å². The molecule has 1 heterocycles. The molecule has 28 heavy (non-hydrogen) atoms. The van der Waals surface area contributed by atoms with Crippen LogP contribution >= 0.6 is 0 Å². The van der Waals surface area contributed by atoms with E-state index >= 15 is 0 Å². The zero-order chi connectivity index (χ0) is 19.9. The van der Waals surface area contributed by atoms with Crippen molar-refractivity contribution in [3.63, 3.8) is 0 Å². The number of amides is 1. The van der Waals surface area contributed by atoms with Crippen LogP contribution in [0.25, 0.3) is 0 Å². The van der Waals surface area contributed by atoms with Crippen LogP contribution in [0.4, 0.5) is 17.1 Å². The molecule has 1 N–H and O–H groups in total. The molecule has 0 fully saturated rings. The molecule has 0 bridgehead atoms. The summed E-state index contributed by atoms with van der Waals surface area (Å²) in [5.41, 5.74) is 2.73. The first-order valence-corrected chi connectivity index (χ1v) is 9.44. The lowest BCUT2D eigenvalue weighted by Gasteiger charge is -2.27. The van der Waals surface area contributed by atoms with Crippen molar-refractivity contribution in [1.29, 1.82) is 0 Å². The van der Waals surface area contributed by atoms with Crippen LogP contribution in [0.5, 0.6) is 0 Å². The van der Waals surface area contributed by atoms with Gasteiger partial charge in [-0.2, -0.15) is 0 Å². The first-order valence-electron chi connectivity index (χ1n) is 9.44. The molecule has 5 nitrogen and oxygen atoms in total. The van der Waals surface area contributed by atoms with Crippen molar-refractivity contribution in [3.8, 4) is 0 Å². The number of para-hydroxylation sites is 1. The highest BCUT2D eigenvalue weighted by Crippen LogP contribution is 2.23. The number of nitrogens with one attached hydrogen (secondary N) is 1. The lowest BCUT2D eigenvalue weighted by Crippen LogP contribution is -2.38. The lowest BCUT2D eigenvalue weighted by atomic mass is 10.2. The number of hydrogen-bond donors (Lipinski definition) is 1. The second-order valence-corrected chi connectivity index (χ2v) is 6.88. The summed E-state index contributed by atoms with van der Waals surface area (Å²) in [5.74, 6) is -0.00507. The monoisotopic (exact) mass is 375 g/mol. The number of aromatic nitrogens is 1. The van der Waals surface area contributed by atoms with Gasteiger partial charge < -0.3 is 14.8 Å². The third kappa shape index (κ3) is 4.88. The summed E-state index contributed by atoms with van der Waals surface area (Å²) < 4.78 is 1.56. The van der Waals surface area contributed by atoms with Crippen molar-refractivity contribution in [2.45, 2.75) is 32.9 Å². The molecule has 144 valence electrons. The maximum atomic E-state index is 12.8. The second-order valence-electron chi connectivity index (χ2n) is 6.88. The zero-order valence-corrected chi connectivity index (χ0v) is 16.2. The predicted molar refractivity (Wildman–Crippen MR) is 114 cm³/mol. The fourth-order valence-corrected chi connectivity index (χ4v) is 3.11. The van der Waals surface area contributed by atoms with Crippen LogP contribution in [0.2, 0.25) is 0 Å². The van der Waals surface area contributed by atoms with Crippen LogP contribution in [0, 0.1) is 0 Å². The Hall–Kier alpha value is -3.34. The van der Waals surface area contributed by atoms with Gasteiger partial charge in [-0.25, -0.2) is 0 Å². The van der Waals surface area contributed by atoms with Crippen molar-refractivity contribution >= 4 is 23.0 Å². The lowest BCUT2D eigenvalue weighted by molar-refractivity contribution is -0.119. The maximum absolute atomic E-state index is 12.8. The van der Waals surface area contributed by atoms with Gasteiger partial charge >= 0.3 is 0 Å². The van der Waals surface area contributed by atoms with Gasteiger partial charge in [0.15, 0.2) is 0 Å². The molecule has 2 aromatic carbocycles. The van der Waals surface area contributed by atoms with Crippen LogP contribution in [0.15, 0.2) is 83.8 Å². The normalized spacial score (nSPS) is 10.7. The number of aryl methyl sites for hydroxylation is 1. The highest BCUT2D eigenvalue weighted by atomic mass is 16.2. The van der Waals surface area contributed by atoms with E-state index in [1.165, 1.54) is 6.07 Å². The van der Waals surface area contributed by atoms with Crippen molar-refractivity contribution < 1.29 is 4.79 Å². The summed E-state index contributed by atoms with van der Waals surface area (Å²) in [7, 11) is 0. The molecule has 0 saturated heterocycles. The van der Waals surface area contributed by atoms with E-state index in [2.05, 4.69) is 5.32 Å². The van der Waals surface area contributed by atoms with Gasteiger partial charge in [-0.3, -0.25) is 9.59 Å². The predicted octanol–water partition coefficient (Wildman–Crippen LogP) is 4.42. The molecule has 0 aliphatic heterocycles. The molecule has 3 aromatic rings. The van der Waals surface area contributed by atoms with Crippen LogP contribution in [-0.2, 0) is 11.3 Å². The summed E-state index contributed by atoms with van der Waals surface area (Å²) in [4.78, 5) is 26.4. The number of anilines is 3. The number of carbonyl (C=O) groups excluding carboxylic acids is 1. The first-order chi connectivity index (χ1) is 13.5. The van der Waals surface area contributed by atoms with Gasteiger partial charge in [0.2, 0.25) is 5.91 Å². The molecule has 0 aliphatic rings. The van der Waals surface area contributed by atoms with E-state index in [-0.39, 0.29) is 23.9 Å². The van der Waals surface area contributed by atoms with Gasteiger partial charge in [-0.15, -0.1) is 0 Å². The Balaban J connectivity index is 1.70. The summed E-state index contributed by atoms with van der Waals surface area (Å²) in [6.45, 7) is 4.35. The quantitative estimate of drug-likeness (QED) is 0.665. The molecule has 0 unspecified atom stereocenters. The van der Waals surface area contributed by atoms with E-state index in [4.69, 9.17) is 0 Å². The Morgan fingerprint density at radius 1 is 0.929 bits per heavy atom. The van der Waals surface area contributed by atoms with E-state index in [1.54, 1.807) is 27.8 Å². The molecular formula is C23H25N3O2. The molecule has 0 aliphatic carbocycles. The van der Waals surface area contributed by atoms with E-state index in [9.17, 15) is 9.59 Å². The highest BCUT2D eigenvalue weighted by Gasteiger charge is 2.19. The largest absolute Gasteiger partial charge is 0.356 e. The molecule has 1 amide bonds. The second kappa shape index (κ2) is 9.04. The van der Waals surface area contributed by atoms with Gasteiger partial charge in [0.05, 0.1) is 0 Å². The third-order valence-corrected chi connectivity index (χ3v) is 4.46. The summed E-state index contributed by atoms with van der Waals surface area (Å²) >= 11 is 0. The average molecular weight is 375 g/mol. The van der Waals surface area contributed by atoms with E-state index in [0.717, 1.165) is 17.1 Å². The standard InChI is InChI=1S/C23H25N3O2/c1-18(2)26(23(28)15-17-25-16-7-6-10-22(25)27)21-13-11-20(12-14-21)24-19-8-4-3-5-9-19/h3-14,16,18,24H,15,17H2,1-2H3. The number of hydrogen-bond acceptors (Lipinski definition) is 3. The van der Waals surface area contributed by atoms with E-state index in [0.29, 0.717) is 6.54 Å². The number of nitrogens with zero attached hydrogens (tertiary/aromatic N) is 2. The topological polar surface area (TPSA) is 54.3 Å². The zero-order valence-electron chi connectivity index (χ0n) is 16.2. The summed E-state index contributed by atoms with van der Waals surface area (Å²) in [6.07, 6.45) is 1.98. The average Bonchev–Trinajstić information content (AvgIpc) is 2.69. The van der Waals surface area contributed by atoms with Gasteiger partial charge in [0.1, 0.15) is 0 Å². The minimum Gasteiger partial charge on any atom is -0.356 e. The Kier molecular flexibility index (Phi) is 6.27. The molecule has 0 radical (unpaired) electrons. The molecule has 0 atom stereocenters. The van der Waals surface area contributed by atoms with E-state index in [1.807, 2.05) is 68.4 Å². The van der Waals surface area contributed by atoms with Crippen LogP contribution < -0.4 is 15.8 Å². The maximum Gasteiger partial charge on any atom is 0.250 e. The van der Waals surface area contributed by atoms with Crippen LogP contribution in [-0.4, -0.2) is 16.5 Å². The molecule has 0 spiro atoms. The number of benzene rings is 2. The smallest absolute Gasteiger partial charge is 0.250 e. The Labute approximate surface area is 165 Å². The Bertz CT molecular complexity index is 963. The highest BCUT2D eigenvalue weighted by molar-refractivity contribution is 5.94. The van der Waals surface area contributed by atoms with Gasteiger partial charge in [0, 0.05) is 48.3 Å². The van der Waals surface area contributed by atoms with Gasteiger partial charge in [-0.05, 0) is 56.3 Å². The third-order valence-electron chi connectivity index (χ3n) is 4.46. The van der Waals surface area contributed by atoms with E-state index < -0.39 is 0 Å². The number of rotatable bonds is 7. The molecule has 3 rings (SSSR count). The van der Waals surface area contributed by atoms with Crippen molar-refractivity contribution in [3.05, 3.63) is 89.3 Å². The first kappa shape index (κ1) is 19.4. The fraction of sp³-hybridized carbons (Fsp3) is 0.217. The Morgan fingerprint density at radius 3 is 2.21 bits per heavy atom. The van der Waals surface area contributed by atoms with Crippen molar-refractivity contribution in [2.24, 2.45) is 0 Å². The SMILES string of the molecule is CC(C)N(C(=O)CCn1ccccc1=O)c1ccc(Nc2ccccc2)cc1. The molecular weight excluding hydrogens is 350 g/mol. The number of pyridine rings is 1. The Morgan fingerprint density at radius 2 is 1.57 bits per heavy atom.